The summed E-state index contributed by atoms with van der Waals surface area (Å²) in [6.45, 7) is 6.98. The van der Waals surface area contributed by atoms with Crippen molar-refractivity contribution in [2.24, 2.45) is 7.05 Å². The Hall–Kier alpha value is -0.870. The summed E-state index contributed by atoms with van der Waals surface area (Å²) in [6.07, 6.45) is 5.62. The maximum absolute atomic E-state index is 4.39. The van der Waals surface area contributed by atoms with Gasteiger partial charge in [-0.25, -0.2) is 0 Å². The second-order valence-electron chi connectivity index (χ2n) is 4.89. The maximum Gasteiger partial charge on any atom is 0.0637 e. The molecule has 1 N–H and O–H groups in total. The average molecular weight is 236 g/mol. The Morgan fingerprint density at radius 2 is 2.18 bits per heavy atom. The number of hydrogen-bond acceptors (Lipinski definition) is 3. The Bertz CT molecular complexity index is 326. The van der Waals surface area contributed by atoms with Gasteiger partial charge in [-0.15, -0.1) is 0 Å². The molecule has 2 rings (SSSR count). The summed E-state index contributed by atoms with van der Waals surface area (Å²) < 4.78 is 1.87. The fourth-order valence-electron chi connectivity index (χ4n) is 2.45. The normalized spacial score (nSPS) is 18.7. The van der Waals surface area contributed by atoms with Crippen LogP contribution in [0.3, 0.4) is 0 Å². The first-order valence-corrected chi connectivity index (χ1v) is 6.72. The molecule has 0 spiro atoms. The van der Waals surface area contributed by atoms with Crippen LogP contribution in [-0.4, -0.2) is 46.9 Å². The van der Waals surface area contributed by atoms with Crippen LogP contribution in [0.2, 0.25) is 0 Å². The van der Waals surface area contributed by atoms with Crippen molar-refractivity contribution in [2.75, 3.05) is 26.2 Å². The molecule has 17 heavy (non-hydrogen) atoms. The number of likely N-dealkylation sites (tertiary alicyclic amines) is 1. The van der Waals surface area contributed by atoms with Gasteiger partial charge in [-0.1, -0.05) is 6.92 Å². The Morgan fingerprint density at radius 1 is 1.41 bits per heavy atom. The van der Waals surface area contributed by atoms with Crippen LogP contribution < -0.4 is 5.32 Å². The molecule has 0 amide bonds. The van der Waals surface area contributed by atoms with Crippen LogP contribution in [-0.2, 0) is 13.5 Å². The number of aryl methyl sites for hydroxylation is 1. The van der Waals surface area contributed by atoms with Crippen molar-refractivity contribution in [1.82, 2.24) is 20.0 Å². The summed E-state index contributed by atoms with van der Waals surface area (Å²) in [7, 11) is 1.97. The van der Waals surface area contributed by atoms with Gasteiger partial charge in [0.2, 0.25) is 0 Å². The van der Waals surface area contributed by atoms with Gasteiger partial charge in [-0.3, -0.25) is 4.68 Å². The predicted octanol–water partition coefficient (Wildman–Crippen LogP) is 1.04. The molecule has 0 atom stereocenters. The topological polar surface area (TPSA) is 33.1 Å². The van der Waals surface area contributed by atoms with Gasteiger partial charge in [0.05, 0.1) is 5.69 Å². The highest BCUT2D eigenvalue weighted by Gasteiger charge is 2.16. The number of hydrogen-bond donors (Lipinski definition) is 1. The molecule has 4 nitrogen and oxygen atoms in total. The third-order valence-electron chi connectivity index (χ3n) is 3.62. The molecule has 2 heterocycles. The lowest BCUT2D eigenvalue weighted by Gasteiger charge is -2.31. The second kappa shape index (κ2) is 6.17. The van der Waals surface area contributed by atoms with Gasteiger partial charge in [0.1, 0.15) is 0 Å². The number of nitrogens with zero attached hydrogens (tertiary/aromatic N) is 3. The molecule has 0 saturated carbocycles. The zero-order valence-corrected chi connectivity index (χ0v) is 11.0. The molecule has 4 heteroatoms. The molecule has 1 aromatic heterocycles. The van der Waals surface area contributed by atoms with Gasteiger partial charge in [0.15, 0.2) is 0 Å². The Kier molecular flexibility index (Phi) is 4.57. The number of rotatable bonds is 5. The van der Waals surface area contributed by atoms with Crippen LogP contribution in [0.25, 0.3) is 0 Å². The lowest BCUT2D eigenvalue weighted by molar-refractivity contribution is 0.207. The van der Waals surface area contributed by atoms with E-state index in [1.54, 1.807) is 0 Å². The third kappa shape index (κ3) is 3.82. The van der Waals surface area contributed by atoms with Gasteiger partial charge >= 0.3 is 0 Å². The molecule has 1 aromatic rings. The van der Waals surface area contributed by atoms with Crippen LogP contribution in [0.15, 0.2) is 12.3 Å². The standard InChI is InChI=1S/C13H24N4/c1-3-17-10-6-12(7-11-17)14-8-4-13-5-9-16(2)15-13/h5,9,12,14H,3-4,6-8,10-11H2,1-2H3. The average Bonchev–Trinajstić information content (AvgIpc) is 2.76. The molecular formula is C13H24N4. The van der Waals surface area contributed by atoms with E-state index in [9.17, 15) is 0 Å². The van der Waals surface area contributed by atoms with E-state index in [0.717, 1.165) is 13.0 Å². The fourth-order valence-corrected chi connectivity index (χ4v) is 2.45. The van der Waals surface area contributed by atoms with Gasteiger partial charge in [0, 0.05) is 32.3 Å². The van der Waals surface area contributed by atoms with Gasteiger partial charge in [0.25, 0.3) is 0 Å². The first kappa shape index (κ1) is 12.6. The van der Waals surface area contributed by atoms with E-state index in [2.05, 4.69) is 28.3 Å². The van der Waals surface area contributed by atoms with Gasteiger partial charge < -0.3 is 10.2 Å². The van der Waals surface area contributed by atoms with E-state index >= 15 is 0 Å². The van der Waals surface area contributed by atoms with Crippen molar-refractivity contribution in [3.8, 4) is 0 Å². The van der Waals surface area contributed by atoms with E-state index in [4.69, 9.17) is 0 Å². The Labute approximate surface area is 104 Å². The van der Waals surface area contributed by atoms with Crippen LogP contribution in [0.1, 0.15) is 25.5 Å². The molecule has 0 unspecified atom stereocenters. The largest absolute Gasteiger partial charge is 0.313 e. The SMILES string of the molecule is CCN1CCC(NCCc2ccn(C)n2)CC1. The molecule has 1 fully saturated rings. The summed E-state index contributed by atoms with van der Waals surface area (Å²) >= 11 is 0. The summed E-state index contributed by atoms with van der Waals surface area (Å²) in [6, 6.07) is 2.81. The monoisotopic (exact) mass is 236 g/mol. The van der Waals surface area contributed by atoms with Crippen LogP contribution >= 0.6 is 0 Å². The summed E-state index contributed by atoms with van der Waals surface area (Å²) in [5, 5.41) is 8.04. The van der Waals surface area contributed by atoms with E-state index in [0.29, 0.717) is 6.04 Å². The first-order chi connectivity index (χ1) is 8.28. The van der Waals surface area contributed by atoms with Crippen molar-refractivity contribution in [2.45, 2.75) is 32.2 Å². The van der Waals surface area contributed by atoms with Crippen molar-refractivity contribution >= 4 is 0 Å². The first-order valence-electron chi connectivity index (χ1n) is 6.72. The Morgan fingerprint density at radius 3 is 2.76 bits per heavy atom. The van der Waals surface area contributed by atoms with Crippen LogP contribution in [0.5, 0.6) is 0 Å². The molecule has 1 aliphatic heterocycles. The van der Waals surface area contributed by atoms with Crippen molar-refractivity contribution in [3.63, 3.8) is 0 Å². The molecule has 0 bridgehead atoms. The summed E-state index contributed by atoms with van der Waals surface area (Å²) in [4.78, 5) is 2.52. The molecule has 0 aromatic carbocycles. The molecule has 0 radical (unpaired) electrons. The highest BCUT2D eigenvalue weighted by molar-refractivity contribution is 4.99. The Balaban J connectivity index is 1.63. The highest BCUT2D eigenvalue weighted by Crippen LogP contribution is 2.09. The van der Waals surface area contributed by atoms with Gasteiger partial charge in [-0.2, -0.15) is 5.10 Å². The van der Waals surface area contributed by atoms with E-state index in [1.165, 1.54) is 38.2 Å². The van der Waals surface area contributed by atoms with Crippen molar-refractivity contribution in [1.29, 1.82) is 0 Å². The predicted molar refractivity (Wildman–Crippen MR) is 70.1 cm³/mol. The fraction of sp³-hybridized carbons (Fsp3) is 0.769. The minimum absolute atomic E-state index is 0.710. The smallest absolute Gasteiger partial charge is 0.0637 e. The minimum Gasteiger partial charge on any atom is -0.313 e. The lowest BCUT2D eigenvalue weighted by atomic mass is 10.1. The highest BCUT2D eigenvalue weighted by atomic mass is 15.2. The van der Waals surface area contributed by atoms with Gasteiger partial charge in [-0.05, 0) is 38.5 Å². The second-order valence-corrected chi connectivity index (χ2v) is 4.89. The number of nitrogens with one attached hydrogen (secondary N) is 1. The third-order valence-corrected chi connectivity index (χ3v) is 3.62. The van der Waals surface area contributed by atoms with Crippen LogP contribution in [0.4, 0.5) is 0 Å². The van der Waals surface area contributed by atoms with E-state index < -0.39 is 0 Å². The quantitative estimate of drug-likeness (QED) is 0.829. The summed E-state index contributed by atoms with van der Waals surface area (Å²) in [5.74, 6) is 0. The maximum atomic E-state index is 4.39. The molecule has 96 valence electrons. The molecule has 1 aliphatic rings. The molecule has 1 saturated heterocycles. The zero-order chi connectivity index (χ0) is 12.1. The minimum atomic E-state index is 0.710. The lowest BCUT2D eigenvalue weighted by Crippen LogP contribution is -2.42. The molecule has 0 aliphatic carbocycles. The number of aromatic nitrogens is 2. The van der Waals surface area contributed by atoms with E-state index in [1.807, 2.05) is 17.9 Å². The zero-order valence-electron chi connectivity index (χ0n) is 11.0. The van der Waals surface area contributed by atoms with E-state index in [-0.39, 0.29) is 0 Å². The van der Waals surface area contributed by atoms with Crippen molar-refractivity contribution < 1.29 is 0 Å². The summed E-state index contributed by atoms with van der Waals surface area (Å²) in [5.41, 5.74) is 1.19. The van der Waals surface area contributed by atoms with Crippen LogP contribution in [0, 0.1) is 0 Å². The molecular weight excluding hydrogens is 212 g/mol. The van der Waals surface area contributed by atoms with Crippen molar-refractivity contribution in [3.05, 3.63) is 18.0 Å². The number of piperidine rings is 1.